The Hall–Kier alpha value is -0.860. The van der Waals surface area contributed by atoms with Crippen LogP contribution in [0.25, 0.3) is 0 Å². The van der Waals surface area contributed by atoms with Gasteiger partial charge in [-0.3, -0.25) is 0 Å². The first-order chi connectivity index (χ1) is 9.08. The minimum absolute atomic E-state index is 0.753. The summed E-state index contributed by atoms with van der Waals surface area (Å²) in [7, 11) is 2.24. The van der Waals surface area contributed by atoms with E-state index in [1.165, 1.54) is 54.6 Å². The van der Waals surface area contributed by atoms with Crippen LogP contribution in [0, 0.1) is 20.8 Å². The predicted molar refractivity (Wildman–Crippen MR) is 82.6 cm³/mol. The molecule has 0 amide bonds. The Balaban J connectivity index is 1.87. The molecule has 1 saturated heterocycles. The van der Waals surface area contributed by atoms with E-state index in [1.807, 2.05) is 0 Å². The standard InChI is InChI=1S/C17H28N2/c1-13-7-8-16(15(3)14(13)2)12-19(4)11-9-17-6-5-10-18-17/h7-8,17-18H,5-6,9-12H2,1-4H3. The van der Waals surface area contributed by atoms with Crippen molar-refractivity contribution in [3.8, 4) is 0 Å². The third-order valence-electron chi connectivity index (χ3n) is 4.63. The number of benzene rings is 1. The van der Waals surface area contributed by atoms with Crippen LogP contribution in [0.1, 0.15) is 41.5 Å². The van der Waals surface area contributed by atoms with Gasteiger partial charge >= 0.3 is 0 Å². The van der Waals surface area contributed by atoms with Gasteiger partial charge in [-0.2, -0.15) is 0 Å². The van der Waals surface area contributed by atoms with Crippen molar-refractivity contribution in [2.75, 3.05) is 20.1 Å². The second-order valence-corrected chi connectivity index (χ2v) is 6.11. The molecule has 2 heteroatoms. The molecule has 1 heterocycles. The topological polar surface area (TPSA) is 15.3 Å². The Kier molecular flexibility index (Phi) is 5.00. The van der Waals surface area contributed by atoms with Gasteiger partial charge in [0.15, 0.2) is 0 Å². The van der Waals surface area contributed by atoms with E-state index in [-0.39, 0.29) is 0 Å². The van der Waals surface area contributed by atoms with E-state index in [4.69, 9.17) is 0 Å². The highest BCUT2D eigenvalue weighted by atomic mass is 15.1. The van der Waals surface area contributed by atoms with Crippen molar-refractivity contribution in [2.24, 2.45) is 0 Å². The highest BCUT2D eigenvalue weighted by Gasteiger charge is 2.14. The maximum atomic E-state index is 3.58. The van der Waals surface area contributed by atoms with E-state index in [2.05, 4.69) is 50.2 Å². The van der Waals surface area contributed by atoms with Crippen molar-refractivity contribution < 1.29 is 0 Å². The molecule has 1 aromatic carbocycles. The summed E-state index contributed by atoms with van der Waals surface area (Å²) in [5.41, 5.74) is 5.79. The summed E-state index contributed by atoms with van der Waals surface area (Å²) in [6.07, 6.45) is 3.99. The van der Waals surface area contributed by atoms with Crippen molar-refractivity contribution in [3.63, 3.8) is 0 Å². The van der Waals surface area contributed by atoms with Crippen molar-refractivity contribution in [1.29, 1.82) is 0 Å². The second kappa shape index (κ2) is 6.53. The minimum atomic E-state index is 0.753. The van der Waals surface area contributed by atoms with Crippen LogP contribution in [-0.4, -0.2) is 31.1 Å². The van der Waals surface area contributed by atoms with E-state index < -0.39 is 0 Å². The number of hydrogen-bond donors (Lipinski definition) is 1. The predicted octanol–water partition coefficient (Wildman–Crippen LogP) is 3.19. The maximum Gasteiger partial charge on any atom is 0.0233 e. The third kappa shape index (κ3) is 3.80. The quantitative estimate of drug-likeness (QED) is 0.874. The highest BCUT2D eigenvalue weighted by molar-refractivity contribution is 5.38. The summed E-state index contributed by atoms with van der Waals surface area (Å²) in [6.45, 7) is 10.1. The van der Waals surface area contributed by atoms with Gasteiger partial charge in [0, 0.05) is 12.6 Å². The Morgan fingerprint density at radius 3 is 2.68 bits per heavy atom. The first kappa shape index (κ1) is 14.5. The van der Waals surface area contributed by atoms with Crippen LogP contribution in [0.5, 0.6) is 0 Å². The number of nitrogens with zero attached hydrogens (tertiary/aromatic N) is 1. The number of hydrogen-bond acceptors (Lipinski definition) is 2. The zero-order valence-corrected chi connectivity index (χ0v) is 12.9. The molecule has 2 rings (SSSR count). The van der Waals surface area contributed by atoms with Crippen molar-refractivity contribution in [1.82, 2.24) is 10.2 Å². The second-order valence-electron chi connectivity index (χ2n) is 6.11. The lowest BCUT2D eigenvalue weighted by Crippen LogP contribution is -2.28. The van der Waals surface area contributed by atoms with Crippen LogP contribution >= 0.6 is 0 Å². The van der Waals surface area contributed by atoms with Crippen molar-refractivity contribution >= 4 is 0 Å². The van der Waals surface area contributed by atoms with Crippen LogP contribution in [0.15, 0.2) is 12.1 Å². The van der Waals surface area contributed by atoms with Crippen molar-refractivity contribution in [3.05, 3.63) is 34.4 Å². The summed E-state index contributed by atoms with van der Waals surface area (Å²) >= 11 is 0. The first-order valence-corrected chi connectivity index (χ1v) is 7.55. The van der Waals surface area contributed by atoms with Gasteiger partial charge in [-0.1, -0.05) is 12.1 Å². The number of aryl methyl sites for hydroxylation is 1. The molecule has 0 aromatic heterocycles. The normalized spacial score (nSPS) is 19.3. The van der Waals surface area contributed by atoms with Gasteiger partial charge < -0.3 is 10.2 Å². The minimum Gasteiger partial charge on any atom is -0.314 e. The van der Waals surface area contributed by atoms with Gasteiger partial charge in [-0.15, -0.1) is 0 Å². The molecule has 0 bridgehead atoms. The summed E-state index contributed by atoms with van der Waals surface area (Å²) in [5.74, 6) is 0. The zero-order chi connectivity index (χ0) is 13.8. The molecule has 1 unspecified atom stereocenters. The van der Waals surface area contributed by atoms with Gasteiger partial charge in [-0.05, 0) is 82.4 Å². The lowest BCUT2D eigenvalue weighted by molar-refractivity contribution is 0.305. The molecule has 1 atom stereocenters. The van der Waals surface area contributed by atoms with Gasteiger partial charge in [0.05, 0.1) is 0 Å². The summed E-state index contributed by atoms with van der Waals surface area (Å²) in [6, 6.07) is 5.30. The SMILES string of the molecule is Cc1ccc(CN(C)CCC2CCCN2)c(C)c1C. The van der Waals surface area contributed by atoms with Crippen molar-refractivity contribution in [2.45, 2.75) is 52.6 Å². The molecule has 106 valence electrons. The van der Waals surface area contributed by atoms with Crippen LogP contribution in [0.3, 0.4) is 0 Å². The van der Waals surface area contributed by atoms with Gasteiger partial charge in [-0.25, -0.2) is 0 Å². The van der Waals surface area contributed by atoms with E-state index in [0.717, 1.165) is 12.6 Å². The summed E-state index contributed by atoms with van der Waals surface area (Å²) in [5, 5.41) is 3.58. The largest absolute Gasteiger partial charge is 0.314 e. The summed E-state index contributed by atoms with van der Waals surface area (Å²) < 4.78 is 0. The third-order valence-corrected chi connectivity index (χ3v) is 4.63. The number of rotatable bonds is 5. The molecule has 0 saturated carbocycles. The monoisotopic (exact) mass is 260 g/mol. The van der Waals surface area contributed by atoms with Gasteiger partial charge in [0.25, 0.3) is 0 Å². The molecule has 1 aliphatic rings. The molecule has 2 nitrogen and oxygen atoms in total. The smallest absolute Gasteiger partial charge is 0.0233 e. The fourth-order valence-electron chi connectivity index (χ4n) is 2.93. The maximum absolute atomic E-state index is 3.58. The molecule has 1 aromatic rings. The summed E-state index contributed by atoms with van der Waals surface area (Å²) in [4.78, 5) is 2.46. The van der Waals surface area contributed by atoms with Crippen LogP contribution in [-0.2, 0) is 6.54 Å². The van der Waals surface area contributed by atoms with Crippen LogP contribution in [0.2, 0.25) is 0 Å². The molecular formula is C17H28N2. The Morgan fingerprint density at radius 2 is 2.00 bits per heavy atom. The molecule has 0 radical (unpaired) electrons. The van der Waals surface area contributed by atoms with Gasteiger partial charge in [0.2, 0.25) is 0 Å². The molecule has 1 fully saturated rings. The average Bonchev–Trinajstić information content (AvgIpc) is 2.90. The fourth-order valence-corrected chi connectivity index (χ4v) is 2.93. The van der Waals surface area contributed by atoms with E-state index in [9.17, 15) is 0 Å². The fraction of sp³-hybridized carbons (Fsp3) is 0.647. The van der Waals surface area contributed by atoms with E-state index in [0.29, 0.717) is 0 Å². The van der Waals surface area contributed by atoms with E-state index >= 15 is 0 Å². The lowest BCUT2D eigenvalue weighted by atomic mass is 9.98. The molecular weight excluding hydrogens is 232 g/mol. The lowest BCUT2D eigenvalue weighted by Gasteiger charge is -2.21. The molecule has 1 aliphatic heterocycles. The zero-order valence-electron chi connectivity index (χ0n) is 12.9. The molecule has 19 heavy (non-hydrogen) atoms. The number of nitrogens with one attached hydrogen (secondary N) is 1. The van der Waals surface area contributed by atoms with Gasteiger partial charge in [0.1, 0.15) is 0 Å². The average molecular weight is 260 g/mol. The van der Waals surface area contributed by atoms with E-state index in [1.54, 1.807) is 0 Å². The Labute approximate surface area is 118 Å². The molecule has 1 N–H and O–H groups in total. The Bertz CT molecular complexity index is 420. The van der Waals surface area contributed by atoms with Crippen LogP contribution in [0.4, 0.5) is 0 Å². The molecule has 0 aliphatic carbocycles. The first-order valence-electron chi connectivity index (χ1n) is 7.55. The highest BCUT2D eigenvalue weighted by Crippen LogP contribution is 2.18. The van der Waals surface area contributed by atoms with Crippen LogP contribution < -0.4 is 5.32 Å². The molecule has 0 spiro atoms. The Morgan fingerprint density at radius 1 is 1.21 bits per heavy atom.